The van der Waals surface area contributed by atoms with Crippen LogP contribution in [0.3, 0.4) is 0 Å². The Kier molecular flexibility index (Phi) is 4.87. The molecule has 3 aromatic heterocycles. The third-order valence-electron chi connectivity index (χ3n) is 8.86. The van der Waals surface area contributed by atoms with Crippen molar-refractivity contribution in [3.8, 4) is 33.9 Å². The Balaban J connectivity index is 1.28. The van der Waals surface area contributed by atoms with Gasteiger partial charge < -0.3 is 4.42 Å². The fourth-order valence-electron chi connectivity index (χ4n) is 6.91. The fourth-order valence-corrected chi connectivity index (χ4v) is 8.07. The molecule has 0 aliphatic rings. The maximum absolute atomic E-state index is 6.26. The lowest BCUT2D eigenvalue weighted by molar-refractivity contribution is 0.669. The van der Waals surface area contributed by atoms with Crippen molar-refractivity contribution in [3.63, 3.8) is 0 Å². The number of nitrogens with zero attached hydrogens (tertiary/aromatic N) is 2. The van der Waals surface area contributed by atoms with Crippen molar-refractivity contribution < 1.29 is 4.42 Å². The SMILES string of the molecule is c1ccc(-c2cc(-c3ccc4c(c3)oc3ccccc34)nc(-c3cccc4c5cccc6sc7cccc(c34)c7c65)n2)cc1. The van der Waals surface area contributed by atoms with Crippen LogP contribution in [0.2, 0.25) is 0 Å². The van der Waals surface area contributed by atoms with E-state index in [4.69, 9.17) is 14.4 Å². The third kappa shape index (κ3) is 3.37. The van der Waals surface area contributed by atoms with E-state index >= 15 is 0 Å². The molecule has 3 nitrogen and oxygen atoms in total. The Morgan fingerprint density at radius 1 is 0.432 bits per heavy atom. The highest BCUT2D eigenvalue weighted by atomic mass is 32.1. The molecule has 204 valence electrons. The molecule has 3 heterocycles. The lowest BCUT2D eigenvalue weighted by Crippen LogP contribution is -1.97. The molecule has 10 aromatic rings. The maximum atomic E-state index is 6.26. The molecule has 0 bridgehead atoms. The molecule has 0 amide bonds. The molecule has 4 heteroatoms. The highest BCUT2D eigenvalue weighted by Crippen LogP contribution is 2.47. The van der Waals surface area contributed by atoms with Gasteiger partial charge >= 0.3 is 0 Å². The number of rotatable bonds is 3. The van der Waals surface area contributed by atoms with Gasteiger partial charge in [-0.05, 0) is 52.6 Å². The first-order chi connectivity index (χ1) is 21.8. The van der Waals surface area contributed by atoms with E-state index in [1.807, 2.05) is 29.5 Å². The van der Waals surface area contributed by atoms with Gasteiger partial charge in [0.15, 0.2) is 5.82 Å². The molecule has 0 fully saturated rings. The zero-order valence-electron chi connectivity index (χ0n) is 23.4. The van der Waals surface area contributed by atoms with E-state index in [1.165, 1.54) is 41.7 Å². The normalized spacial score (nSPS) is 12.1. The minimum atomic E-state index is 0.714. The molecule has 10 rings (SSSR count). The van der Waals surface area contributed by atoms with Crippen LogP contribution in [0, 0.1) is 0 Å². The number of para-hydroxylation sites is 1. The predicted octanol–water partition coefficient (Wildman–Crippen LogP) is 11.5. The van der Waals surface area contributed by atoms with E-state index < -0.39 is 0 Å². The highest BCUT2D eigenvalue weighted by Gasteiger charge is 2.20. The van der Waals surface area contributed by atoms with E-state index in [9.17, 15) is 0 Å². The predicted molar refractivity (Wildman–Crippen MR) is 185 cm³/mol. The monoisotopic (exact) mass is 578 g/mol. The highest BCUT2D eigenvalue weighted by molar-refractivity contribution is 7.26. The van der Waals surface area contributed by atoms with E-state index in [0.29, 0.717) is 5.82 Å². The van der Waals surface area contributed by atoms with Gasteiger partial charge in [0.25, 0.3) is 0 Å². The molecule has 0 aliphatic carbocycles. The standard InChI is InChI=1S/C40H22N2OS/c1-2-9-23(10-3-1)31-22-32(24-19-20-26-25-11-4-5-16-33(25)43-34(26)21-24)42-40(41-31)30-15-6-12-27-28-13-7-17-35-38(28)39-29(37(27)30)14-8-18-36(39)44-35/h1-22H. The van der Waals surface area contributed by atoms with Crippen molar-refractivity contribution in [1.29, 1.82) is 0 Å². The van der Waals surface area contributed by atoms with Crippen molar-refractivity contribution in [1.82, 2.24) is 9.97 Å². The van der Waals surface area contributed by atoms with Crippen molar-refractivity contribution in [2.75, 3.05) is 0 Å². The van der Waals surface area contributed by atoms with Crippen LogP contribution in [0.25, 0.3) is 97.6 Å². The summed E-state index contributed by atoms with van der Waals surface area (Å²) in [6.45, 7) is 0. The molecule has 0 unspecified atom stereocenters. The second-order valence-corrected chi connectivity index (χ2v) is 12.4. The van der Waals surface area contributed by atoms with E-state index in [-0.39, 0.29) is 0 Å². The summed E-state index contributed by atoms with van der Waals surface area (Å²) in [5, 5.41) is 9.86. The zero-order chi connectivity index (χ0) is 28.8. The first-order valence-corrected chi connectivity index (χ1v) is 15.6. The Labute approximate surface area is 256 Å². The van der Waals surface area contributed by atoms with Gasteiger partial charge in [-0.15, -0.1) is 11.3 Å². The Morgan fingerprint density at radius 3 is 1.91 bits per heavy atom. The van der Waals surface area contributed by atoms with E-state index in [0.717, 1.165) is 50.0 Å². The van der Waals surface area contributed by atoms with Gasteiger partial charge in [0.05, 0.1) is 11.4 Å². The summed E-state index contributed by atoms with van der Waals surface area (Å²) in [6, 6.07) is 46.9. The molecule has 0 saturated heterocycles. The topological polar surface area (TPSA) is 38.9 Å². The largest absolute Gasteiger partial charge is 0.456 e. The fraction of sp³-hybridized carbons (Fsp3) is 0. The number of benzene rings is 7. The first-order valence-electron chi connectivity index (χ1n) is 14.7. The number of fused-ring (bicyclic) bond motifs is 6. The summed E-state index contributed by atoms with van der Waals surface area (Å²) in [7, 11) is 0. The third-order valence-corrected chi connectivity index (χ3v) is 9.98. The van der Waals surface area contributed by atoms with Crippen molar-refractivity contribution in [2.45, 2.75) is 0 Å². The first kappa shape index (κ1) is 23.9. The summed E-state index contributed by atoms with van der Waals surface area (Å²) in [5.74, 6) is 0.714. The van der Waals surface area contributed by atoms with Gasteiger partial charge in [-0.25, -0.2) is 9.97 Å². The van der Waals surface area contributed by atoms with Crippen LogP contribution >= 0.6 is 11.3 Å². The average Bonchev–Trinajstić information content (AvgIpc) is 3.66. The zero-order valence-corrected chi connectivity index (χ0v) is 24.2. The van der Waals surface area contributed by atoms with Crippen molar-refractivity contribution >= 4 is 75.0 Å². The van der Waals surface area contributed by atoms with Crippen LogP contribution in [-0.4, -0.2) is 9.97 Å². The molecule has 7 aromatic carbocycles. The molecule has 0 radical (unpaired) electrons. The van der Waals surface area contributed by atoms with E-state index in [1.54, 1.807) is 0 Å². The molecule has 44 heavy (non-hydrogen) atoms. The molecular weight excluding hydrogens is 557 g/mol. The molecule has 0 aliphatic heterocycles. The molecule has 0 saturated carbocycles. The van der Waals surface area contributed by atoms with E-state index in [2.05, 4.69) is 115 Å². The molecule has 0 atom stereocenters. The summed E-state index contributed by atoms with van der Waals surface area (Å²) in [4.78, 5) is 10.5. The number of hydrogen-bond donors (Lipinski definition) is 0. The molecule has 0 spiro atoms. The second kappa shape index (κ2) is 8.96. The summed E-state index contributed by atoms with van der Waals surface area (Å²) in [6.07, 6.45) is 0. The summed E-state index contributed by atoms with van der Waals surface area (Å²) in [5.41, 5.74) is 6.58. The second-order valence-electron chi connectivity index (χ2n) is 11.3. The minimum Gasteiger partial charge on any atom is -0.456 e. The lowest BCUT2D eigenvalue weighted by Gasteiger charge is -2.14. The Morgan fingerprint density at radius 2 is 1.07 bits per heavy atom. The Bertz CT molecular complexity index is 2720. The summed E-state index contributed by atoms with van der Waals surface area (Å²) >= 11 is 1.86. The number of thiophene rings is 1. The van der Waals surface area contributed by atoms with Gasteiger partial charge in [0, 0.05) is 53.0 Å². The van der Waals surface area contributed by atoms with Crippen LogP contribution in [0.1, 0.15) is 0 Å². The van der Waals surface area contributed by atoms with Crippen LogP contribution < -0.4 is 0 Å². The Hall–Kier alpha value is -5.58. The number of hydrogen-bond acceptors (Lipinski definition) is 4. The van der Waals surface area contributed by atoms with Crippen LogP contribution in [-0.2, 0) is 0 Å². The van der Waals surface area contributed by atoms with Gasteiger partial charge in [0.1, 0.15) is 11.2 Å². The minimum absolute atomic E-state index is 0.714. The molecule has 0 N–H and O–H groups in total. The van der Waals surface area contributed by atoms with Crippen molar-refractivity contribution in [2.24, 2.45) is 0 Å². The maximum Gasteiger partial charge on any atom is 0.161 e. The van der Waals surface area contributed by atoms with Gasteiger partial charge in [-0.1, -0.05) is 97.1 Å². The molecular formula is C40H22N2OS. The average molecular weight is 579 g/mol. The van der Waals surface area contributed by atoms with Crippen LogP contribution in [0.15, 0.2) is 138 Å². The van der Waals surface area contributed by atoms with Crippen LogP contribution in [0.5, 0.6) is 0 Å². The van der Waals surface area contributed by atoms with Gasteiger partial charge in [0.2, 0.25) is 0 Å². The number of aromatic nitrogens is 2. The lowest BCUT2D eigenvalue weighted by atomic mass is 9.91. The number of furan rings is 1. The van der Waals surface area contributed by atoms with Gasteiger partial charge in [-0.3, -0.25) is 0 Å². The van der Waals surface area contributed by atoms with Gasteiger partial charge in [-0.2, -0.15) is 0 Å². The van der Waals surface area contributed by atoms with Crippen molar-refractivity contribution in [3.05, 3.63) is 133 Å². The quantitative estimate of drug-likeness (QED) is 0.196. The summed E-state index contributed by atoms with van der Waals surface area (Å²) < 4.78 is 8.90. The smallest absolute Gasteiger partial charge is 0.161 e. The van der Waals surface area contributed by atoms with Crippen LogP contribution in [0.4, 0.5) is 0 Å².